The number of hydrogen-bond acceptors (Lipinski definition) is 5. The first kappa shape index (κ1) is 19.6. The highest BCUT2D eigenvalue weighted by Gasteiger charge is 2.35. The average Bonchev–Trinajstić information content (AvgIpc) is 2.70. The first-order valence-corrected chi connectivity index (χ1v) is 10.2. The Kier molecular flexibility index (Phi) is 4.89. The Bertz CT molecular complexity index is 1280. The van der Waals surface area contributed by atoms with Gasteiger partial charge in [0.05, 0.1) is 33.1 Å². The highest BCUT2D eigenvalue weighted by molar-refractivity contribution is 9.11. The van der Waals surface area contributed by atoms with Crippen LogP contribution in [0.15, 0.2) is 61.6 Å². The SMILES string of the molecule is COc1c(Br)cc([C@H]2C(C#N)=C(N)Oc3c2c(=O)n(C)c2ccccc32)cc1Br. The Hall–Kier alpha value is -2.76. The molecular formula is C21H15Br2N3O3. The lowest BCUT2D eigenvalue weighted by Crippen LogP contribution is -2.31. The minimum Gasteiger partial charge on any atom is -0.494 e. The quantitative estimate of drug-likeness (QED) is 0.548. The Morgan fingerprint density at radius 3 is 2.52 bits per heavy atom. The molecule has 2 heterocycles. The van der Waals surface area contributed by atoms with Crippen LogP contribution in [0.2, 0.25) is 0 Å². The van der Waals surface area contributed by atoms with E-state index in [1.54, 1.807) is 18.7 Å². The van der Waals surface area contributed by atoms with E-state index in [1.807, 2.05) is 36.4 Å². The molecular weight excluding hydrogens is 502 g/mol. The molecule has 3 aromatic rings. The number of aromatic nitrogens is 1. The Labute approximate surface area is 183 Å². The molecule has 146 valence electrons. The van der Waals surface area contributed by atoms with E-state index in [2.05, 4.69) is 37.9 Å². The van der Waals surface area contributed by atoms with Crippen LogP contribution in [0, 0.1) is 11.3 Å². The van der Waals surface area contributed by atoms with Gasteiger partial charge in [0.2, 0.25) is 5.88 Å². The zero-order valence-electron chi connectivity index (χ0n) is 15.5. The molecule has 0 fully saturated rings. The fourth-order valence-corrected chi connectivity index (χ4v) is 5.25. The van der Waals surface area contributed by atoms with Gasteiger partial charge in [-0.15, -0.1) is 0 Å². The lowest BCUT2D eigenvalue weighted by Gasteiger charge is -2.28. The maximum atomic E-state index is 13.3. The first-order valence-electron chi connectivity index (χ1n) is 8.61. The van der Waals surface area contributed by atoms with Gasteiger partial charge in [-0.1, -0.05) is 12.1 Å². The van der Waals surface area contributed by atoms with Crippen molar-refractivity contribution < 1.29 is 9.47 Å². The van der Waals surface area contributed by atoms with Crippen molar-refractivity contribution in [1.82, 2.24) is 4.57 Å². The van der Waals surface area contributed by atoms with Crippen molar-refractivity contribution in [3.63, 3.8) is 0 Å². The summed E-state index contributed by atoms with van der Waals surface area (Å²) in [6.07, 6.45) is 0. The van der Waals surface area contributed by atoms with Crippen molar-refractivity contribution in [3.8, 4) is 17.6 Å². The summed E-state index contributed by atoms with van der Waals surface area (Å²) in [5.41, 5.74) is 7.87. The molecule has 8 heteroatoms. The van der Waals surface area contributed by atoms with Crippen LogP contribution in [-0.2, 0) is 7.05 Å². The highest BCUT2D eigenvalue weighted by atomic mass is 79.9. The number of fused-ring (bicyclic) bond motifs is 3. The molecule has 0 radical (unpaired) electrons. The maximum Gasteiger partial charge on any atom is 0.258 e. The van der Waals surface area contributed by atoms with Crippen LogP contribution in [0.25, 0.3) is 10.9 Å². The smallest absolute Gasteiger partial charge is 0.258 e. The minimum atomic E-state index is -0.675. The summed E-state index contributed by atoms with van der Waals surface area (Å²) in [5, 5.41) is 10.6. The lowest BCUT2D eigenvalue weighted by atomic mass is 9.83. The van der Waals surface area contributed by atoms with Gasteiger partial charge in [-0.25, -0.2) is 0 Å². The molecule has 0 amide bonds. The number of allylic oxidation sites excluding steroid dienone is 1. The number of nitrogens with two attached hydrogens (primary N) is 1. The van der Waals surface area contributed by atoms with Crippen LogP contribution in [0.4, 0.5) is 0 Å². The van der Waals surface area contributed by atoms with Crippen LogP contribution >= 0.6 is 31.9 Å². The molecule has 0 saturated carbocycles. The first-order chi connectivity index (χ1) is 13.9. The molecule has 1 aliphatic heterocycles. The number of nitriles is 1. The van der Waals surface area contributed by atoms with Crippen molar-refractivity contribution >= 4 is 42.8 Å². The summed E-state index contributed by atoms with van der Waals surface area (Å²) in [6, 6.07) is 13.2. The molecule has 0 unspecified atom stereocenters. The fourth-order valence-electron chi connectivity index (χ4n) is 3.70. The van der Waals surface area contributed by atoms with Gasteiger partial charge in [0.1, 0.15) is 23.1 Å². The second-order valence-electron chi connectivity index (χ2n) is 6.57. The van der Waals surface area contributed by atoms with E-state index < -0.39 is 5.92 Å². The molecule has 6 nitrogen and oxygen atoms in total. The second kappa shape index (κ2) is 7.25. The zero-order valence-corrected chi connectivity index (χ0v) is 18.7. The number of benzene rings is 2. The van der Waals surface area contributed by atoms with Crippen LogP contribution in [0.5, 0.6) is 11.5 Å². The summed E-state index contributed by atoms with van der Waals surface area (Å²) < 4.78 is 14.1. The van der Waals surface area contributed by atoms with Crippen molar-refractivity contribution in [2.45, 2.75) is 5.92 Å². The van der Waals surface area contributed by atoms with Crippen molar-refractivity contribution in [2.24, 2.45) is 12.8 Å². The topological polar surface area (TPSA) is 90.3 Å². The highest BCUT2D eigenvalue weighted by Crippen LogP contribution is 2.46. The van der Waals surface area contributed by atoms with Crippen molar-refractivity contribution in [2.75, 3.05) is 7.11 Å². The van der Waals surface area contributed by atoms with Gasteiger partial charge in [-0.2, -0.15) is 5.26 Å². The Morgan fingerprint density at radius 1 is 1.24 bits per heavy atom. The molecule has 0 aliphatic carbocycles. The third-order valence-electron chi connectivity index (χ3n) is 5.02. The van der Waals surface area contributed by atoms with Crippen molar-refractivity contribution in [3.05, 3.63) is 78.3 Å². The van der Waals surface area contributed by atoms with Gasteiger partial charge in [0, 0.05) is 12.4 Å². The van der Waals surface area contributed by atoms with Gasteiger partial charge < -0.3 is 19.8 Å². The molecule has 2 aromatic carbocycles. The van der Waals surface area contributed by atoms with E-state index >= 15 is 0 Å². The largest absolute Gasteiger partial charge is 0.494 e. The summed E-state index contributed by atoms with van der Waals surface area (Å²) in [5.74, 6) is 0.313. The van der Waals surface area contributed by atoms with Gasteiger partial charge in [-0.05, 0) is 61.7 Å². The molecule has 1 aromatic heterocycles. The van der Waals surface area contributed by atoms with Gasteiger partial charge in [0.25, 0.3) is 5.56 Å². The molecule has 29 heavy (non-hydrogen) atoms. The Morgan fingerprint density at radius 2 is 1.90 bits per heavy atom. The van der Waals surface area contributed by atoms with Crippen LogP contribution in [0.1, 0.15) is 17.0 Å². The zero-order chi connectivity index (χ0) is 20.9. The summed E-state index contributed by atoms with van der Waals surface area (Å²) in [4.78, 5) is 13.3. The van der Waals surface area contributed by atoms with Crippen LogP contribution in [0.3, 0.4) is 0 Å². The van der Waals surface area contributed by atoms with Crippen LogP contribution < -0.4 is 20.8 Å². The number of halogens is 2. The standard InChI is InChI=1S/C21H15Br2N3O3/c1-26-15-6-4-3-5-11(15)18-17(21(26)27)16(12(9-24)20(25)29-18)10-7-13(22)19(28-2)14(23)8-10/h3-8,16H,25H2,1-2H3/t16-/m0/s1. The van der Waals surface area contributed by atoms with Gasteiger partial charge in [-0.3, -0.25) is 4.79 Å². The molecule has 0 saturated heterocycles. The molecule has 1 aliphatic rings. The number of aryl methyl sites for hydroxylation is 1. The lowest BCUT2D eigenvalue weighted by molar-refractivity contribution is 0.395. The second-order valence-corrected chi connectivity index (χ2v) is 8.28. The monoisotopic (exact) mass is 515 g/mol. The number of rotatable bonds is 2. The third-order valence-corrected chi connectivity index (χ3v) is 6.20. The van der Waals surface area contributed by atoms with E-state index in [-0.39, 0.29) is 17.0 Å². The number of nitrogens with zero attached hydrogens (tertiary/aromatic N) is 2. The fraction of sp³-hybridized carbons (Fsp3) is 0.143. The summed E-state index contributed by atoms with van der Waals surface area (Å²) >= 11 is 6.99. The number of pyridine rings is 1. The summed E-state index contributed by atoms with van der Waals surface area (Å²) in [7, 11) is 3.27. The predicted octanol–water partition coefficient (Wildman–Crippen LogP) is 4.29. The number of para-hydroxylation sites is 1. The van der Waals surface area contributed by atoms with E-state index in [0.29, 0.717) is 31.6 Å². The van der Waals surface area contributed by atoms with Crippen molar-refractivity contribution in [1.29, 1.82) is 5.26 Å². The predicted molar refractivity (Wildman–Crippen MR) is 117 cm³/mol. The molecule has 0 spiro atoms. The molecule has 4 rings (SSSR count). The average molecular weight is 517 g/mol. The summed E-state index contributed by atoms with van der Waals surface area (Å²) in [6.45, 7) is 0. The van der Waals surface area contributed by atoms with Gasteiger partial charge in [0.15, 0.2) is 0 Å². The number of ether oxygens (including phenoxy) is 2. The van der Waals surface area contributed by atoms with E-state index in [4.69, 9.17) is 15.2 Å². The van der Waals surface area contributed by atoms with E-state index in [1.165, 1.54) is 0 Å². The van der Waals surface area contributed by atoms with E-state index in [9.17, 15) is 10.1 Å². The number of methoxy groups -OCH3 is 1. The van der Waals surface area contributed by atoms with Crippen LogP contribution in [-0.4, -0.2) is 11.7 Å². The number of hydrogen-bond donors (Lipinski definition) is 1. The molecule has 0 bridgehead atoms. The maximum absolute atomic E-state index is 13.3. The Balaban J connectivity index is 2.11. The minimum absolute atomic E-state index is 0.00790. The normalized spacial score (nSPS) is 15.6. The third kappa shape index (κ3) is 2.93. The molecule has 1 atom stereocenters. The molecule has 2 N–H and O–H groups in total. The van der Waals surface area contributed by atoms with E-state index in [0.717, 1.165) is 10.9 Å². The van der Waals surface area contributed by atoms with Gasteiger partial charge >= 0.3 is 0 Å².